The predicted molar refractivity (Wildman–Crippen MR) is 83.6 cm³/mol. The molecule has 2 heteroatoms. The van der Waals surface area contributed by atoms with Gasteiger partial charge in [-0.25, -0.2) is 0 Å². The molecule has 2 nitrogen and oxygen atoms in total. The summed E-state index contributed by atoms with van der Waals surface area (Å²) in [6.45, 7) is 8.56. The predicted octanol–water partition coefficient (Wildman–Crippen LogP) is 4.07. The van der Waals surface area contributed by atoms with Crippen LogP contribution in [0, 0.1) is 11.8 Å². The normalized spacial score (nSPS) is 21.0. The lowest BCUT2D eigenvalue weighted by Gasteiger charge is -2.32. The van der Waals surface area contributed by atoms with E-state index < -0.39 is 0 Å². The maximum Gasteiger partial charge on any atom is 0.223 e. The Morgan fingerprint density at radius 3 is 2.60 bits per heavy atom. The molecule has 1 aromatic carbocycles. The molecule has 1 aliphatic heterocycles. The number of carbonyl (C=O) groups excluding carboxylic acids is 1. The summed E-state index contributed by atoms with van der Waals surface area (Å²) in [7, 11) is 0. The lowest BCUT2D eigenvalue weighted by Crippen LogP contribution is -2.39. The standard InChI is InChI=1S/C18H27NO/c1-14(2)17(16-9-5-4-6-10-16)12-18(20)19-11-7-8-15(3)13-19/h4-6,9-10,14-15,17H,7-8,11-13H2,1-3H3. The lowest BCUT2D eigenvalue weighted by molar-refractivity contribution is -0.133. The number of benzene rings is 1. The summed E-state index contributed by atoms with van der Waals surface area (Å²) in [5.41, 5.74) is 1.29. The van der Waals surface area contributed by atoms with Crippen molar-refractivity contribution in [1.82, 2.24) is 4.90 Å². The van der Waals surface area contributed by atoms with Crippen LogP contribution in [0.15, 0.2) is 30.3 Å². The second-order valence-corrected chi connectivity index (χ2v) is 6.55. The second-order valence-electron chi connectivity index (χ2n) is 6.55. The third kappa shape index (κ3) is 3.84. The Morgan fingerprint density at radius 2 is 2.00 bits per heavy atom. The first kappa shape index (κ1) is 15.1. The molecule has 1 aliphatic rings. The summed E-state index contributed by atoms with van der Waals surface area (Å²) >= 11 is 0. The Kier molecular flexibility index (Phi) is 5.22. The first-order valence-corrected chi connectivity index (χ1v) is 7.90. The number of rotatable bonds is 4. The monoisotopic (exact) mass is 273 g/mol. The van der Waals surface area contributed by atoms with Gasteiger partial charge in [-0.2, -0.15) is 0 Å². The van der Waals surface area contributed by atoms with Crippen molar-refractivity contribution in [3.8, 4) is 0 Å². The van der Waals surface area contributed by atoms with E-state index >= 15 is 0 Å². The fraction of sp³-hybridized carbons (Fsp3) is 0.611. The molecule has 2 rings (SSSR count). The number of likely N-dealkylation sites (tertiary alicyclic amines) is 1. The van der Waals surface area contributed by atoms with Crippen molar-refractivity contribution in [2.24, 2.45) is 11.8 Å². The Bertz CT molecular complexity index is 426. The van der Waals surface area contributed by atoms with Crippen molar-refractivity contribution < 1.29 is 4.79 Å². The molecule has 1 heterocycles. The minimum absolute atomic E-state index is 0.333. The van der Waals surface area contributed by atoms with Crippen molar-refractivity contribution >= 4 is 5.91 Å². The summed E-state index contributed by atoms with van der Waals surface area (Å²) in [6, 6.07) is 10.5. The molecule has 1 saturated heterocycles. The molecule has 0 spiro atoms. The smallest absolute Gasteiger partial charge is 0.223 e. The zero-order valence-corrected chi connectivity index (χ0v) is 13.0. The van der Waals surface area contributed by atoms with Crippen LogP contribution in [0.2, 0.25) is 0 Å². The van der Waals surface area contributed by atoms with Gasteiger partial charge in [0.2, 0.25) is 5.91 Å². The van der Waals surface area contributed by atoms with Gasteiger partial charge in [-0.15, -0.1) is 0 Å². The Balaban J connectivity index is 2.03. The van der Waals surface area contributed by atoms with Gasteiger partial charge in [-0.1, -0.05) is 51.1 Å². The fourth-order valence-electron chi connectivity index (χ4n) is 3.17. The Labute approximate surface area is 123 Å². The van der Waals surface area contributed by atoms with Crippen LogP contribution in [0.5, 0.6) is 0 Å². The van der Waals surface area contributed by atoms with E-state index in [4.69, 9.17) is 0 Å². The first-order chi connectivity index (χ1) is 9.58. The molecule has 0 radical (unpaired) electrons. The van der Waals surface area contributed by atoms with E-state index in [-0.39, 0.29) is 0 Å². The maximum atomic E-state index is 12.6. The van der Waals surface area contributed by atoms with Gasteiger partial charge in [0.15, 0.2) is 0 Å². The van der Waals surface area contributed by atoms with Crippen LogP contribution in [-0.2, 0) is 4.79 Å². The Hall–Kier alpha value is -1.31. The van der Waals surface area contributed by atoms with Crippen LogP contribution in [0.4, 0.5) is 0 Å². The number of hydrogen-bond donors (Lipinski definition) is 0. The van der Waals surface area contributed by atoms with Crippen LogP contribution >= 0.6 is 0 Å². The van der Waals surface area contributed by atoms with Crippen molar-refractivity contribution in [2.45, 2.75) is 46.0 Å². The van der Waals surface area contributed by atoms with Gasteiger partial charge < -0.3 is 4.90 Å². The third-order valence-corrected chi connectivity index (χ3v) is 4.44. The number of carbonyl (C=O) groups is 1. The van der Waals surface area contributed by atoms with Crippen LogP contribution in [0.1, 0.15) is 51.5 Å². The van der Waals surface area contributed by atoms with Crippen molar-refractivity contribution in [3.05, 3.63) is 35.9 Å². The molecule has 2 atom stereocenters. The van der Waals surface area contributed by atoms with Crippen LogP contribution < -0.4 is 0 Å². The molecular weight excluding hydrogens is 246 g/mol. The van der Waals surface area contributed by atoms with Gasteiger partial charge in [0.1, 0.15) is 0 Å². The van der Waals surface area contributed by atoms with Crippen molar-refractivity contribution in [2.75, 3.05) is 13.1 Å². The molecule has 0 aromatic heterocycles. The number of hydrogen-bond acceptors (Lipinski definition) is 1. The number of nitrogens with zero attached hydrogens (tertiary/aromatic N) is 1. The molecule has 1 aromatic rings. The van der Waals surface area contributed by atoms with E-state index in [0.29, 0.717) is 30.1 Å². The summed E-state index contributed by atoms with van der Waals surface area (Å²) in [5, 5.41) is 0. The average Bonchev–Trinajstić information content (AvgIpc) is 2.45. The molecule has 110 valence electrons. The lowest BCUT2D eigenvalue weighted by atomic mass is 9.85. The molecule has 1 fully saturated rings. The molecule has 0 aliphatic carbocycles. The second kappa shape index (κ2) is 6.92. The quantitative estimate of drug-likeness (QED) is 0.809. The van der Waals surface area contributed by atoms with E-state index in [2.05, 4.69) is 49.9 Å². The molecule has 0 saturated carbocycles. The van der Waals surface area contributed by atoms with Crippen LogP contribution in [-0.4, -0.2) is 23.9 Å². The minimum atomic E-state index is 0.333. The largest absolute Gasteiger partial charge is 0.342 e. The van der Waals surface area contributed by atoms with E-state index in [1.807, 2.05) is 6.07 Å². The van der Waals surface area contributed by atoms with E-state index in [0.717, 1.165) is 19.5 Å². The van der Waals surface area contributed by atoms with Gasteiger partial charge in [-0.3, -0.25) is 4.79 Å². The Morgan fingerprint density at radius 1 is 1.30 bits per heavy atom. The van der Waals surface area contributed by atoms with E-state index in [1.165, 1.54) is 12.0 Å². The fourth-order valence-corrected chi connectivity index (χ4v) is 3.17. The van der Waals surface area contributed by atoms with Crippen molar-refractivity contribution in [1.29, 1.82) is 0 Å². The molecule has 0 N–H and O–H groups in total. The zero-order valence-electron chi connectivity index (χ0n) is 13.0. The highest BCUT2D eigenvalue weighted by atomic mass is 16.2. The van der Waals surface area contributed by atoms with Gasteiger partial charge in [-0.05, 0) is 36.2 Å². The van der Waals surface area contributed by atoms with Gasteiger partial charge in [0.25, 0.3) is 0 Å². The van der Waals surface area contributed by atoms with Gasteiger partial charge in [0, 0.05) is 19.5 Å². The van der Waals surface area contributed by atoms with E-state index in [9.17, 15) is 4.79 Å². The first-order valence-electron chi connectivity index (χ1n) is 7.90. The van der Waals surface area contributed by atoms with E-state index in [1.54, 1.807) is 0 Å². The summed E-state index contributed by atoms with van der Waals surface area (Å²) < 4.78 is 0. The zero-order chi connectivity index (χ0) is 14.5. The summed E-state index contributed by atoms with van der Waals surface area (Å²) in [4.78, 5) is 14.6. The molecule has 0 bridgehead atoms. The molecule has 2 unspecified atom stereocenters. The summed E-state index contributed by atoms with van der Waals surface area (Å²) in [6.07, 6.45) is 3.06. The maximum absolute atomic E-state index is 12.6. The SMILES string of the molecule is CC1CCCN(C(=O)CC(c2ccccc2)C(C)C)C1. The third-order valence-electron chi connectivity index (χ3n) is 4.44. The highest BCUT2D eigenvalue weighted by Gasteiger charge is 2.25. The highest BCUT2D eigenvalue weighted by Crippen LogP contribution is 2.29. The number of amides is 1. The van der Waals surface area contributed by atoms with Gasteiger partial charge >= 0.3 is 0 Å². The summed E-state index contributed by atoms with van der Waals surface area (Å²) in [5.74, 6) is 1.81. The minimum Gasteiger partial charge on any atom is -0.342 e. The van der Waals surface area contributed by atoms with Crippen LogP contribution in [0.3, 0.4) is 0 Å². The topological polar surface area (TPSA) is 20.3 Å². The highest BCUT2D eigenvalue weighted by molar-refractivity contribution is 5.77. The molecule has 1 amide bonds. The molecule has 20 heavy (non-hydrogen) atoms. The van der Waals surface area contributed by atoms with Gasteiger partial charge in [0.05, 0.1) is 0 Å². The van der Waals surface area contributed by atoms with Crippen LogP contribution in [0.25, 0.3) is 0 Å². The molecular formula is C18H27NO. The average molecular weight is 273 g/mol. The van der Waals surface area contributed by atoms with Crippen molar-refractivity contribution in [3.63, 3.8) is 0 Å². The number of piperidine rings is 1.